The van der Waals surface area contributed by atoms with Crippen molar-refractivity contribution < 1.29 is 14.7 Å². The first kappa shape index (κ1) is 18.0. The number of rotatable bonds is 3. The van der Waals surface area contributed by atoms with Crippen molar-refractivity contribution in [1.29, 1.82) is 0 Å². The average molecular weight is 352 g/mol. The number of carbonyl (C=O) groups excluding carboxylic acids is 2. The molecule has 0 radical (unpaired) electrons. The molecule has 5 nitrogen and oxygen atoms in total. The number of nitrogens with one attached hydrogen (secondary N) is 1. The fourth-order valence-corrected chi connectivity index (χ4v) is 3.21. The van der Waals surface area contributed by atoms with Crippen LogP contribution in [-0.2, 0) is 0 Å². The van der Waals surface area contributed by atoms with Gasteiger partial charge < -0.3 is 15.3 Å². The molecule has 1 aliphatic rings. The van der Waals surface area contributed by atoms with E-state index in [0.29, 0.717) is 31.5 Å². The van der Waals surface area contributed by atoms with E-state index in [9.17, 15) is 14.7 Å². The number of carbonyl (C=O) groups is 2. The molecule has 26 heavy (non-hydrogen) atoms. The lowest BCUT2D eigenvalue weighted by Gasteiger charge is -2.32. The van der Waals surface area contributed by atoms with Gasteiger partial charge in [0.05, 0.1) is 5.56 Å². The number of aryl methyl sites for hydroxylation is 2. The Morgan fingerprint density at radius 3 is 2.38 bits per heavy atom. The minimum Gasteiger partial charge on any atom is -0.507 e. The fourth-order valence-electron chi connectivity index (χ4n) is 3.21. The third-order valence-electron chi connectivity index (χ3n) is 5.02. The van der Waals surface area contributed by atoms with Gasteiger partial charge in [-0.05, 0) is 62.1 Å². The van der Waals surface area contributed by atoms with Crippen molar-refractivity contribution in [2.24, 2.45) is 0 Å². The van der Waals surface area contributed by atoms with Crippen molar-refractivity contribution in [3.63, 3.8) is 0 Å². The molecule has 1 fully saturated rings. The molecule has 136 valence electrons. The monoisotopic (exact) mass is 352 g/mol. The van der Waals surface area contributed by atoms with E-state index < -0.39 is 0 Å². The van der Waals surface area contributed by atoms with Crippen molar-refractivity contribution in [1.82, 2.24) is 10.2 Å². The van der Waals surface area contributed by atoms with E-state index in [1.807, 2.05) is 36.9 Å². The molecule has 0 saturated carbocycles. The minimum atomic E-state index is -0.276. The van der Waals surface area contributed by atoms with Crippen LogP contribution in [0.2, 0.25) is 0 Å². The van der Waals surface area contributed by atoms with E-state index in [2.05, 4.69) is 5.32 Å². The third-order valence-corrected chi connectivity index (χ3v) is 5.02. The van der Waals surface area contributed by atoms with Crippen molar-refractivity contribution in [3.05, 3.63) is 64.7 Å². The molecular weight excluding hydrogens is 328 g/mol. The highest BCUT2D eigenvalue weighted by Crippen LogP contribution is 2.19. The first-order valence-corrected chi connectivity index (χ1v) is 8.91. The van der Waals surface area contributed by atoms with Gasteiger partial charge >= 0.3 is 0 Å². The predicted octanol–water partition coefficient (Wildman–Crippen LogP) is 3.04. The molecule has 2 N–H and O–H groups in total. The maximum atomic E-state index is 12.7. The third kappa shape index (κ3) is 3.87. The number of piperidine rings is 1. The number of likely N-dealkylation sites (tertiary alicyclic amines) is 1. The highest BCUT2D eigenvalue weighted by Gasteiger charge is 2.25. The summed E-state index contributed by atoms with van der Waals surface area (Å²) in [5, 5.41) is 12.7. The van der Waals surface area contributed by atoms with E-state index in [4.69, 9.17) is 0 Å². The van der Waals surface area contributed by atoms with Crippen LogP contribution in [0.25, 0.3) is 0 Å². The van der Waals surface area contributed by atoms with E-state index in [1.165, 1.54) is 11.6 Å². The number of phenolic OH excluding ortho intramolecular Hbond substituents is 1. The summed E-state index contributed by atoms with van der Waals surface area (Å²) in [4.78, 5) is 26.8. The Bertz CT molecular complexity index is 824. The van der Waals surface area contributed by atoms with E-state index in [0.717, 1.165) is 5.56 Å². The van der Waals surface area contributed by atoms with Gasteiger partial charge in [0.25, 0.3) is 11.8 Å². The van der Waals surface area contributed by atoms with Crippen LogP contribution < -0.4 is 5.32 Å². The normalized spacial score (nSPS) is 14.9. The van der Waals surface area contributed by atoms with Crippen LogP contribution in [0.3, 0.4) is 0 Å². The van der Waals surface area contributed by atoms with Gasteiger partial charge in [0, 0.05) is 24.7 Å². The number of nitrogens with zero attached hydrogens (tertiary/aromatic N) is 1. The largest absolute Gasteiger partial charge is 0.507 e. The Kier molecular flexibility index (Phi) is 5.26. The summed E-state index contributed by atoms with van der Waals surface area (Å²) in [6, 6.07) is 12.3. The Morgan fingerprint density at radius 2 is 1.73 bits per heavy atom. The van der Waals surface area contributed by atoms with E-state index in [-0.39, 0.29) is 29.2 Å². The van der Waals surface area contributed by atoms with E-state index >= 15 is 0 Å². The highest BCUT2D eigenvalue weighted by atomic mass is 16.3. The summed E-state index contributed by atoms with van der Waals surface area (Å²) in [5.74, 6) is -0.257. The van der Waals surface area contributed by atoms with Crippen LogP contribution in [0.5, 0.6) is 5.75 Å². The molecule has 5 heteroatoms. The van der Waals surface area contributed by atoms with Crippen molar-refractivity contribution in [2.75, 3.05) is 13.1 Å². The molecule has 0 aliphatic carbocycles. The molecule has 1 saturated heterocycles. The molecule has 1 heterocycles. The topological polar surface area (TPSA) is 69.6 Å². The molecule has 2 aromatic carbocycles. The second-order valence-electron chi connectivity index (χ2n) is 6.86. The number of amides is 2. The predicted molar refractivity (Wildman–Crippen MR) is 100 cm³/mol. The number of phenols is 1. The molecule has 3 rings (SSSR count). The smallest absolute Gasteiger partial charge is 0.255 e. The number of hydrogen-bond donors (Lipinski definition) is 2. The number of aromatic hydroxyl groups is 1. The van der Waals surface area contributed by atoms with Gasteiger partial charge in [-0.2, -0.15) is 0 Å². The van der Waals surface area contributed by atoms with E-state index in [1.54, 1.807) is 18.2 Å². The van der Waals surface area contributed by atoms with Gasteiger partial charge in [0.1, 0.15) is 5.75 Å². The zero-order valence-corrected chi connectivity index (χ0v) is 15.2. The Labute approximate surface area is 153 Å². The highest BCUT2D eigenvalue weighted by molar-refractivity contribution is 5.97. The summed E-state index contributed by atoms with van der Waals surface area (Å²) >= 11 is 0. The maximum Gasteiger partial charge on any atom is 0.255 e. The first-order chi connectivity index (χ1) is 12.5. The Balaban J connectivity index is 1.57. The number of benzene rings is 2. The van der Waals surface area contributed by atoms with Gasteiger partial charge in [-0.25, -0.2) is 0 Å². The van der Waals surface area contributed by atoms with Crippen molar-refractivity contribution in [2.45, 2.75) is 32.7 Å². The summed E-state index contributed by atoms with van der Waals surface area (Å²) in [6.45, 7) is 5.25. The second kappa shape index (κ2) is 7.60. The summed E-state index contributed by atoms with van der Waals surface area (Å²) in [7, 11) is 0. The van der Waals surface area contributed by atoms with Gasteiger partial charge in [-0.15, -0.1) is 0 Å². The molecule has 2 amide bonds. The lowest BCUT2D eigenvalue weighted by atomic mass is 10.0. The minimum absolute atomic E-state index is 0.00547. The molecule has 0 spiro atoms. The van der Waals surface area contributed by atoms with Gasteiger partial charge in [-0.1, -0.05) is 18.2 Å². The molecule has 0 aromatic heterocycles. The molecule has 1 aliphatic heterocycles. The van der Waals surface area contributed by atoms with Crippen LogP contribution in [0.4, 0.5) is 0 Å². The maximum absolute atomic E-state index is 12.7. The lowest BCUT2D eigenvalue weighted by molar-refractivity contribution is 0.0698. The molecule has 0 unspecified atom stereocenters. The van der Waals surface area contributed by atoms with Crippen molar-refractivity contribution >= 4 is 11.8 Å². The van der Waals surface area contributed by atoms with Gasteiger partial charge in [-0.3, -0.25) is 9.59 Å². The quantitative estimate of drug-likeness (QED) is 0.892. The molecule has 0 bridgehead atoms. The van der Waals surface area contributed by atoms with Crippen LogP contribution in [0.15, 0.2) is 42.5 Å². The number of para-hydroxylation sites is 1. The molecule has 0 atom stereocenters. The number of hydrogen-bond acceptors (Lipinski definition) is 3. The van der Waals surface area contributed by atoms with Gasteiger partial charge in [0.15, 0.2) is 0 Å². The summed E-state index contributed by atoms with van der Waals surface area (Å²) in [5.41, 5.74) is 3.28. The van der Waals surface area contributed by atoms with Crippen LogP contribution in [0, 0.1) is 13.8 Å². The lowest BCUT2D eigenvalue weighted by Crippen LogP contribution is -2.46. The SMILES string of the molecule is Cc1ccc(C(=O)N2CCC(NC(=O)c3ccccc3O)CC2)cc1C. The Hall–Kier alpha value is -2.82. The molecule has 2 aromatic rings. The van der Waals surface area contributed by atoms with Crippen molar-refractivity contribution in [3.8, 4) is 5.75 Å². The molecular formula is C21H24N2O3. The zero-order chi connectivity index (χ0) is 18.7. The summed E-state index contributed by atoms with van der Waals surface area (Å²) < 4.78 is 0. The van der Waals surface area contributed by atoms with Crippen LogP contribution >= 0.6 is 0 Å². The second-order valence-corrected chi connectivity index (χ2v) is 6.86. The van der Waals surface area contributed by atoms with Gasteiger partial charge in [0.2, 0.25) is 0 Å². The zero-order valence-electron chi connectivity index (χ0n) is 15.2. The van der Waals surface area contributed by atoms with Crippen LogP contribution in [0.1, 0.15) is 44.7 Å². The van der Waals surface area contributed by atoms with Crippen LogP contribution in [-0.4, -0.2) is 41.0 Å². The summed E-state index contributed by atoms with van der Waals surface area (Å²) in [6.07, 6.45) is 1.41. The standard InChI is InChI=1S/C21H24N2O3/c1-14-7-8-16(13-15(14)2)21(26)23-11-9-17(10-12-23)22-20(25)18-5-3-4-6-19(18)24/h3-8,13,17,24H,9-12H2,1-2H3,(H,22,25). The Morgan fingerprint density at radius 1 is 1.04 bits per heavy atom. The first-order valence-electron chi connectivity index (χ1n) is 8.91. The fraction of sp³-hybridized carbons (Fsp3) is 0.333. The average Bonchev–Trinajstić information content (AvgIpc) is 2.64.